The van der Waals surface area contributed by atoms with E-state index >= 15 is 0 Å². The average Bonchev–Trinajstić information content (AvgIpc) is 2.80. The van der Waals surface area contributed by atoms with Crippen molar-refractivity contribution in [3.05, 3.63) is 52.7 Å². The first kappa shape index (κ1) is 14.9. The summed E-state index contributed by atoms with van der Waals surface area (Å²) in [5.41, 5.74) is 8.50. The molecule has 0 aliphatic rings. The molecule has 2 aromatic carbocycles. The van der Waals surface area contributed by atoms with Gasteiger partial charge in [0.2, 0.25) is 0 Å². The Bertz CT molecular complexity index is 851. The summed E-state index contributed by atoms with van der Waals surface area (Å²) in [7, 11) is 1.75. The molecule has 6 heteroatoms. The molecule has 0 saturated carbocycles. The topological polar surface area (TPSA) is 43.8 Å². The molecule has 22 heavy (non-hydrogen) atoms. The lowest BCUT2D eigenvalue weighted by Gasteiger charge is -2.16. The normalized spacial score (nSPS) is 12.8. The summed E-state index contributed by atoms with van der Waals surface area (Å²) in [5.74, 6) is -1.29. The summed E-state index contributed by atoms with van der Waals surface area (Å²) in [6.07, 6.45) is 1.63. The van der Waals surface area contributed by atoms with E-state index in [9.17, 15) is 8.78 Å². The van der Waals surface area contributed by atoms with Crippen LogP contribution in [0.15, 0.2) is 30.5 Å². The van der Waals surface area contributed by atoms with Gasteiger partial charge >= 0.3 is 0 Å². The molecule has 1 heterocycles. The van der Waals surface area contributed by atoms with E-state index in [1.165, 1.54) is 12.1 Å². The predicted molar refractivity (Wildman–Crippen MR) is 83.7 cm³/mol. The van der Waals surface area contributed by atoms with Gasteiger partial charge in [0.15, 0.2) is 0 Å². The third-order valence-electron chi connectivity index (χ3n) is 3.65. The Kier molecular flexibility index (Phi) is 3.62. The van der Waals surface area contributed by atoms with E-state index in [0.29, 0.717) is 32.6 Å². The molecule has 114 valence electrons. The molecule has 1 aromatic heterocycles. The van der Waals surface area contributed by atoms with Gasteiger partial charge < -0.3 is 5.73 Å². The molecular weight excluding hydrogens is 308 g/mol. The highest BCUT2D eigenvalue weighted by atomic mass is 35.5. The Hall–Kier alpha value is -1.98. The Balaban J connectivity index is 2.47. The van der Waals surface area contributed by atoms with Crippen LogP contribution in [0.3, 0.4) is 0 Å². The van der Waals surface area contributed by atoms with Crippen molar-refractivity contribution in [3.8, 4) is 11.1 Å². The minimum Gasteiger partial charge on any atom is -0.324 e. The zero-order valence-corrected chi connectivity index (χ0v) is 12.8. The molecule has 0 aliphatic heterocycles. The van der Waals surface area contributed by atoms with Crippen molar-refractivity contribution in [3.63, 3.8) is 0 Å². The summed E-state index contributed by atoms with van der Waals surface area (Å²) >= 11 is 6.28. The lowest BCUT2D eigenvalue weighted by molar-refractivity contribution is 0.584. The second-order valence-corrected chi connectivity index (χ2v) is 5.71. The molecule has 3 aromatic rings. The molecule has 1 atom stereocenters. The van der Waals surface area contributed by atoms with Gasteiger partial charge in [-0.05, 0) is 36.2 Å². The van der Waals surface area contributed by atoms with Gasteiger partial charge in [0.25, 0.3) is 0 Å². The summed E-state index contributed by atoms with van der Waals surface area (Å²) in [4.78, 5) is 0. The van der Waals surface area contributed by atoms with Gasteiger partial charge in [-0.3, -0.25) is 4.68 Å². The number of rotatable bonds is 2. The van der Waals surface area contributed by atoms with Crippen LogP contribution in [0.25, 0.3) is 22.0 Å². The molecule has 0 bridgehead atoms. The van der Waals surface area contributed by atoms with E-state index in [1.807, 2.05) is 0 Å². The number of aryl methyl sites for hydroxylation is 1. The maximum absolute atomic E-state index is 13.6. The van der Waals surface area contributed by atoms with Crippen molar-refractivity contribution in [2.24, 2.45) is 12.8 Å². The van der Waals surface area contributed by atoms with E-state index < -0.39 is 11.6 Å². The molecule has 0 radical (unpaired) electrons. The van der Waals surface area contributed by atoms with Gasteiger partial charge in [-0.1, -0.05) is 11.6 Å². The van der Waals surface area contributed by atoms with Gasteiger partial charge in [0.1, 0.15) is 11.6 Å². The van der Waals surface area contributed by atoms with Crippen LogP contribution in [0.4, 0.5) is 8.78 Å². The van der Waals surface area contributed by atoms with Crippen LogP contribution in [0.1, 0.15) is 18.5 Å². The van der Waals surface area contributed by atoms with E-state index in [-0.39, 0.29) is 6.04 Å². The fourth-order valence-corrected chi connectivity index (χ4v) is 2.95. The van der Waals surface area contributed by atoms with Crippen molar-refractivity contribution >= 4 is 22.5 Å². The fourth-order valence-electron chi connectivity index (χ4n) is 2.69. The average molecular weight is 322 g/mol. The molecule has 0 amide bonds. The third-order valence-corrected chi connectivity index (χ3v) is 3.96. The smallest absolute Gasteiger partial charge is 0.126 e. The second kappa shape index (κ2) is 5.34. The first-order valence-corrected chi connectivity index (χ1v) is 7.12. The molecule has 1 unspecified atom stereocenters. The summed E-state index contributed by atoms with van der Waals surface area (Å²) < 4.78 is 28.9. The highest BCUT2D eigenvalue weighted by Gasteiger charge is 2.19. The minimum atomic E-state index is -0.643. The molecule has 0 saturated heterocycles. The summed E-state index contributed by atoms with van der Waals surface area (Å²) in [6.45, 7) is 1.80. The van der Waals surface area contributed by atoms with Crippen LogP contribution in [-0.4, -0.2) is 9.78 Å². The lowest BCUT2D eigenvalue weighted by atomic mass is 9.93. The molecule has 0 spiro atoms. The maximum Gasteiger partial charge on any atom is 0.126 e. The number of aromatic nitrogens is 2. The quantitative estimate of drug-likeness (QED) is 0.769. The number of hydrogen-bond donors (Lipinski definition) is 1. The second-order valence-electron chi connectivity index (χ2n) is 5.30. The first-order valence-electron chi connectivity index (χ1n) is 6.74. The minimum absolute atomic E-state index is 0.349. The third kappa shape index (κ3) is 2.36. The van der Waals surface area contributed by atoms with Crippen LogP contribution in [0.5, 0.6) is 0 Å². The Morgan fingerprint density at radius 3 is 2.41 bits per heavy atom. The summed E-state index contributed by atoms with van der Waals surface area (Å²) in [5, 5.41) is 5.42. The zero-order chi connectivity index (χ0) is 16.0. The maximum atomic E-state index is 13.6. The molecular formula is C16H14ClF2N3. The Labute approximate surface area is 131 Å². The standard InChI is InChI=1S/C16H14ClF2N3/c1-8(20)12-6-14(17)13-7-21-22(2)16(13)15(12)9-3-10(18)5-11(19)4-9/h3-8H,20H2,1-2H3. The van der Waals surface area contributed by atoms with E-state index in [4.69, 9.17) is 17.3 Å². The molecule has 3 nitrogen and oxygen atoms in total. The zero-order valence-electron chi connectivity index (χ0n) is 12.1. The Morgan fingerprint density at radius 2 is 1.82 bits per heavy atom. The monoisotopic (exact) mass is 321 g/mol. The van der Waals surface area contributed by atoms with Crippen molar-refractivity contribution in [1.29, 1.82) is 0 Å². The van der Waals surface area contributed by atoms with Crippen LogP contribution in [0, 0.1) is 11.6 Å². The number of nitrogens with two attached hydrogens (primary N) is 1. The SMILES string of the molecule is CC(N)c1cc(Cl)c2cnn(C)c2c1-c1cc(F)cc(F)c1. The van der Waals surface area contributed by atoms with Crippen LogP contribution in [-0.2, 0) is 7.05 Å². The first-order chi connectivity index (χ1) is 10.4. The van der Waals surface area contributed by atoms with Gasteiger partial charge in [0, 0.05) is 30.1 Å². The number of fused-ring (bicyclic) bond motifs is 1. The van der Waals surface area contributed by atoms with Gasteiger partial charge in [-0.2, -0.15) is 5.10 Å². The van der Waals surface area contributed by atoms with Crippen LogP contribution >= 0.6 is 11.6 Å². The number of benzene rings is 2. The van der Waals surface area contributed by atoms with E-state index in [2.05, 4.69) is 5.10 Å². The predicted octanol–water partition coefficient (Wildman–Crippen LogP) is 4.19. The van der Waals surface area contributed by atoms with Gasteiger partial charge in [0.05, 0.1) is 16.7 Å². The highest BCUT2D eigenvalue weighted by molar-refractivity contribution is 6.36. The van der Waals surface area contributed by atoms with Gasteiger partial charge in [-0.25, -0.2) is 8.78 Å². The van der Waals surface area contributed by atoms with Crippen molar-refractivity contribution in [1.82, 2.24) is 9.78 Å². The number of nitrogens with zero attached hydrogens (tertiary/aromatic N) is 2. The largest absolute Gasteiger partial charge is 0.324 e. The van der Waals surface area contributed by atoms with Crippen molar-refractivity contribution in [2.75, 3.05) is 0 Å². The van der Waals surface area contributed by atoms with Crippen LogP contribution in [0.2, 0.25) is 5.02 Å². The fraction of sp³-hybridized carbons (Fsp3) is 0.188. The van der Waals surface area contributed by atoms with E-state index in [1.54, 1.807) is 30.9 Å². The van der Waals surface area contributed by atoms with Crippen molar-refractivity contribution in [2.45, 2.75) is 13.0 Å². The molecule has 2 N–H and O–H groups in total. The molecule has 0 aliphatic carbocycles. The number of halogens is 3. The van der Waals surface area contributed by atoms with Crippen LogP contribution < -0.4 is 5.73 Å². The molecule has 3 rings (SSSR count). The molecule has 0 fully saturated rings. The lowest BCUT2D eigenvalue weighted by Crippen LogP contribution is -2.08. The van der Waals surface area contributed by atoms with E-state index in [0.717, 1.165) is 6.07 Å². The van der Waals surface area contributed by atoms with Gasteiger partial charge in [-0.15, -0.1) is 0 Å². The highest BCUT2D eigenvalue weighted by Crippen LogP contribution is 2.38. The number of hydrogen-bond acceptors (Lipinski definition) is 2. The van der Waals surface area contributed by atoms with Crippen molar-refractivity contribution < 1.29 is 8.78 Å². The summed E-state index contributed by atoms with van der Waals surface area (Å²) in [6, 6.07) is 4.79. The Morgan fingerprint density at radius 1 is 1.18 bits per heavy atom.